The molecule has 0 fully saturated rings. The zero-order valence-corrected chi connectivity index (χ0v) is 8.49. The van der Waals surface area contributed by atoms with E-state index in [0.717, 1.165) is 14.7 Å². The second-order valence-electron chi connectivity index (χ2n) is 1.70. The minimum Gasteiger partial charge on any atom is -0.496 e. The summed E-state index contributed by atoms with van der Waals surface area (Å²) in [6, 6.07) is 6.67. The van der Waals surface area contributed by atoms with Gasteiger partial charge in [-0.3, -0.25) is 0 Å². The van der Waals surface area contributed by atoms with Gasteiger partial charge in [-0.1, -0.05) is 15.9 Å². The maximum Gasteiger partial charge on any atom is 0.134 e. The van der Waals surface area contributed by atoms with E-state index in [-0.39, 0.29) is 0 Å². The number of ether oxygens (including phenoxy) is 1. The molecule has 10 heavy (non-hydrogen) atoms. The van der Waals surface area contributed by atoms with Crippen LogP contribution in [0.5, 0.6) is 5.75 Å². The van der Waals surface area contributed by atoms with Gasteiger partial charge >= 0.3 is 0 Å². The smallest absolute Gasteiger partial charge is 0.134 e. The molecule has 0 unspecified atom stereocenters. The van der Waals surface area contributed by atoms with Gasteiger partial charge in [0.05, 0.1) is 11.6 Å². The molecule has 1 aromatic rings. The van der Waals surface area contributed by atoms with E-state index in [0.29, 0.717) is 0 Å². The molecule has 3 heteroatoms. The summed E-state index contributed by atoms with van der Waals surface area (Å²) in [7, 11) is 1.63. The fourth-order valence-corrected chi connectivity index (χ4v) is 1.30. The Morgan fingerprint density at radius 1 is 1.50 bits per heavy atom. The third-order valence-electron chi connectivity index (χ3n) is 1.04. The summed E-state index contributed by atoms with van der Waals surface area (Å²) in [4.78, 5) is 0. The molecule has 53 valence electrons. The van der Waals surface area contributed by atoms with Gasteiger partial charge in [0.2, 0.25) is 0 Å². The second-order valence-corrected chi connectivity index (χ2v) is 3.41. The van der Waals surface area contributed by atoms with E-state index in [1.54, 1.807) is 7.11 Å². The summed E-state index contributed by atoms with van der Waals surface area (Å²) in [6.45, 7) is 0. The molecule has 1 nitrogen and oxygen atoms in total. The lowest BCUT2D eigenvalue weighted by atomic mass is 10.3. The molecule has 0 aliphatic rings. The highest BCUT2D eigenvalue weighted by Crippen LogP contribution is 2.26. The van der Waals surface area contributed by atoms with Crippen molar-refractivity contribution in [2.45, 2.75) is 0 Å². The van der Waals surface area contributed by atoms with Gasteiger partial charge in [-0.2, -0.15) is 0 Å². The van der Waals surface area contributed by atoms with Gasteiger partial charge in [0.1, 0.15) is 5.75 Å². The number of benzene rings is 1. The first-order valence-corrected chi connectivity index (χ1v) is 4.23. The summed E-state index contributed by atoms with van der Waals surface area (Å²) >= 11 is 6.59. The number of halogens is 2. The number of hydrogen-bond donors (Lipinski definition) is 0. The summed E-state index contributed by atoms with van der Waals surface area (Å²) in [5, 5.41) is 0. The Hall–Kier alpha value is -0.0200. The fourth-order valence-electron chi connectivity index (χ4n) is 0.582. The van der Waals surface area contributed by atoms with Crippen molar-refractivity contribution in [3.05, 3.63) is 27.1 Å². The summed E-state index contributed by atoms with van der Waals surface area (Å²) in [5.41, 5.74) is 0. The number of rotatable bonds is 1. The molecule has 0 N–H and O–H groups in total. The van der Waals surface area contributed by atoms with Crippen LogP contribution in [-0.4, -0.2) is 7.11 Å². The molecule has 0 saturated heterocycles. The van der Waals surface area contributed by atoms with Crippen LogP contribution in [0.4, 0.5) is 0 Å². The van der Waals surface area contributed by atoms with E-state index >= 15 is 0 Å². The summed E-state index contributed by atoms with van der Waals surface area (Å²) in [5.74, 6) is 0.786. The normalized spacial score (nSPS) is 9.50. The minimum absolute atomic E-state index is 0.786. The predicted molar refractivity (Wildman–Crippen MR) is 47.2 cm³/mol. The third-order valence-corrected chi connectivity index (χ3v) is 2.12. The quantitative estimate of drug-likeness (QED) is 0.758. The van der Waals surface area contributed by atoms with E-state index in [1.165, 1.54) is 0 Å². The molecule has 0 heterocycles. The fraction of sp³-hybridized carbons (Fsp3) is 0.143. The standard InChI is InChI=1S/C7H5Br2O/c1-10-7-4-5(8)2-3-6(7)9/h2,4H,1H3. The number of hydrogen-bond acceptors (Lipinski definition) is 1. The molecule has 0 spiro atoms. The first-order chi connectivity index (χ1) is 4.74. The van der Waals surface area contributed by atoms with Gasteiger partial charge < -0.3 is 4.74 Å². The Labute approximate surface area is 76.6 Å². The largest absolute Gasteiger partial charge is 0.496 e. The predicted octanol–water partition coefficient (Wildman–Crippen LogP) is 3.02. The van der Waals surface area contributed by atoms with Crippen LogP contribution in [0.25, 0.3) is 0 Å². The van der Waals surface area contributed by atoms with Gasteiger partial charge in [-0.05, 0) is 28.1 Å². The van der Waals surface area contributed by atoms with E-state index in [1.807, 2.05) is 12.1 Å². The molecule has 0 aliphatic carbocycles. The Morgan fingerprint density at radius 3 is 2.70 bits per heavy atom. The lowest BCUT2D eigenvalue weighted by molar-refractivity contribution is 0.412. The monoisotopic (exact) mass is 263 g/mol. The zero-order chi connectivity index (χ0) is 7.56. The first-order valence-electron chi connectivity index (χ1n) is 2.65. The molecule has 0 bridgehead atoms. The van der Waals surface area contributed by atoms with Gasteiger partial charge in [-0.15, -0.1) is 0 Å². The Balaban J connectivity index is 3.09. The molecule has 1 radical (unpaired) electrons. The molecular weight excluding hydrogens is 260 g/mol. The lowest BCUT2D eigenvalue weighted by Crippen LogP contribution is -1.83. The van der Waals surface area contributed by atoms with Crippen LogP contribution in [0, 0.1) is 6.07 Å². The van der Waals surface area contributed by atoms with Gasteiger partial charge in [0, 0.05) is 10.5 Å². The Bertz CT molecular complexity index is 235. The van der Waals surface area contributed by atoms with E-state index in [2.05, 4.69) is 37.9 Å². The Morgan fingerprint density at radius 2 is 2.20 bits per heavy atom. The van der Waals surface area contributed by atoms with Gasteiger partial charge in [0.15, 0.2) is 0 Å². The van der Waals surface area contributed by atoms with Gasteiger partial charge in [-0.25, -0.2) is 0 Å². The molecule has 1 rings (SSSR count). The molecule has 1 aromatic carbocycles. The molecular formula is C7H5Br2O. The highest BCUT2D eigenvalue weighted by atomic mass is 79.9. The van der Waals surface area contributed by atoms with Crippen LogP contribution in [0.1, 0.15) is 0 Å². The van der Waals surface area contributed by atoms with Crippen LogP contribution in [0.2, 0.25) is 0 Å². The SMILES string of the molecule is COc1cc(Br)c[c]c1Br. The zero-order valence-electron chi connectivity index (χ0n) is 5.32. The number of methoxy groups -OCH3 is 1. The van der Waals surface area contributed by atoms with Crippen molar-refractivity contribution >= 4 is 31.9 Å². The van der Waals surface area contributed by atoms with Crippen molar-refractivity contribution in [3.8, 4) is 5.75 Å². The summed E-state index contributed by atoms with van der Waals surface area (Å²) < 4.78 is 6.83. The van der Waals surface area contributed by atoms with E-state index < -0.39 is 0 Å². The van der Waals surface area contributed by atoms with Crippen LogP contribution >= 0.6 is 31.9 Å². The first kappa shape index (κ1) is 8.08. The molecule has 0 saturated carbocycles. The maximum absolute atomic E-state index is 5.02. The molecule has 0 aliphatic heterocycles. The Kier molecular flexibility index (Phi) is 2.74. The minimum atomic E-state index is 0.786. The van der Waals surface area contributed by atoms with Crippen molar-refractivity contribution in [1.29, 1.82) is 0 Å². The van der Waals surface area contributed by atoms with Crippen molar-refractivity contribution in [2.75, 3.05) is 7.11 Å². The highest BCUT2D eigenvalue weighted by Gasteiger charge is 1.98. The average Bonchev–Trinajstić information content (AvgIpc) is 1.94. The van der Waals surface area contributed by atoms with Crippen LogP contribution in [0.3, 0.4) is 0 Å². The van der Waals surface area contributed by atoms with E-state index in [4.69, 9.17) is 4.74 Å². The molecule has 0 aromatic heterocycles. The summed E-state index contributed by atoms with van der Waals surface area (Å²) in [6.07, 6.45) is 0. The molecule has 0 atom stereocenters. The van der Waals surface area contributed by atoms with Crippen LogP contribution < -0.4 is 4.74 Å². The van der Waals surface area contributed by atoms with Crippen molar-refractivity contribution in [2.24, 2.45) is 0 Å². The average molecular weight is 265 g/mol. The van der Waals surface area contributed by atoms with Crippen LogP contribution in [0.15, 0.2) is 21.1 Å². The maximum atomic E-state index is 5.02. The second kappa shape index (κ2) is 3.39. The van der Waals surface area contributed by atoms with Crippen LogP contribution in [-0.2, 0) is 0 Å². The third kappa shape index (κ3) is 1.73. The topological polar surface area (TPSA) is 9.23 Å². The highest BCUT2D eigenvalue weighted by molar-refractivity contribution is 9.11. The van der Waals surface area contributed by atoms with Crippen molar-refractivity contribution < 1.29 is 4.74 Å². The molecule has 0 amide bonds. The van der Waals surface area contributed by atoms with Crippen molar-refractivity contribution in [1.82, 2.24) is 0 Å². The van der Waals surface area contributed by atoms with E-state index in [9.17, 15) is 0 Å². The van der Waals surface area contributed by atoms with Gasteiger partial charge in [0.25, 0.3) is 0 Å². The van der Waals surface area contributed by atoms with Crippen molar-refractivity contribution in [3.63, 3.8) is 0 Å². The lowest BCUT2D eigenvalue weighted by Gasteiger charge is -2.01.